The highest BCUT2D eigenvalue weighted by atomic mass is 35.5. The van der Waals surface area contributed by atoms with E-state index >= 15 is 0 Å². The minimum atomic E-state index is -0.744. The molecule has 0 N–H and O–H groups in total. The average molecular weight is 313 g/mol. The van der Waals surface area contributed by atoms with E-state index in [2.05, 4.69) is 23.8 Å². The van der Waals surface area contributed by atoms with Crippen molar-refractivity contribution in [2.45, 2.75) is 29.6 Å². The van der Waals surface area contributed by atoms with Crippen molar-refractivity contribution in [3.05, 3.63) is 21.9 Å². The maximum atomic E-state index is 13.2. The van der Waals surface area contributed by atoms with Crippen molar-refractivity contribution >= 4 is 46.7 Å². The van der Waals surface area contributed by atoms with Crippen molar-refractivity contribution in [3.63, 3.8) is 0 Å². The van der Waals surface area contributed by atoms with E-state index in [9.17, 15) is 4.39 Å². The lowest BCUT2D eigenvalue weighted by molar-refractivity contribution is 0.610. The highest BCUT2D eigenvalue weighted by Crippen LogP contribution is 2.43. The molecule has 1 aromatic rings. The topological polar surface area (TPSA) is 25.8 Å². The molecule has 0 aliphatic carbocycles. The Morgan fingerprint density at radius 2 is 1.76 bits per heavy atom. The quantitative estimate of drug-likeness (QED) is 0.725. The molecule has 1 saturated heterocycles. The first kappa shape index (κ1) is 13.7. The summed E-state index contributed by atoms with van der Waals surface area (Å²) < 4.78 is 13.2. The second-order valence-electron chi connectivity index (χ2n) is 3.85. The molecule has 2 nitrogen and oxygen atoms in total. The van der Waals surface area contributed by atoms with E-state index in [-0.39, 0.29) is 15.6 Å². The van der Waals surface area contributed by atoms with Gasteiger partial charge < -0.3 is 0 Å². The third-order valence-corrected chi connectivity index (χ3v) is 6.51. The fourth-order valence-electron chi connectivity index (χ4n) is 1.47. The summed E-state index contributed by atoms with van der Waals surface area (Å²) in [6.07, 6.45) is 0. The molecule has 1 fully saturated rings. The molecule has 1 aromatic heterocycles. The maximum Gasteiger partial charge on any atom is 0.197 e. The SMILES string of the molecule is CC1SCC(c2nc(Cl)c(F)c(Cl)n2)SC1C. The zero-order chi connectivity index (χ0) is 12.6. The van der Waals surface area contributed by atoms with Crippen LogP contribution in [0, 0.1) is 5.82 Å². The Morgan fingerprint density at radius 1 is 1.18 bits per heavy atom. The predicted octanol–water partition coefficient (Wildman–Crippen LogP) is 4.22. The Morgan fingerprint density at radius 3 is 2.29 bits per heavy atom. The molecule has 0 bridgehead atoms. The van der Waals surface area contributed by atoms with Gasteiger partial charge in [-0.15, -0.1) is 11.8 Å². The van der Waals surface area contributed by atoms with E-state index in [1.807, 2.05) is 11.8 Å². The number of aromatic nitrogens is 2. The summed E-state index contributed by atoms with van der Waals surface area (Å²) in [6, 6.07) is 0. The number of thioether (sulfide) groups is 2. The fraction of sp³-hybridized carbons (Fsp3) is 0.600. The summed E-state index contributed by atoms with van der Waals surface area (Å²) >= 11 is 15.0. The van der Waals surface area contributed by atoms with Gasteiger partial charge >= 0.3 is 0 Å². The number of halogens is 3. The molecule has 17 heavy (non-hydrogen) atoms. The lowest BCUT2D eigenvalue weighted by atomic mass is 10.3. The number of nitrogens with zero attached hydrogens (tertiary/aromatic N) is 2. The molecule has 3 atom stereocenters. The number of hydrogen-bond donors (Lipinski definition) is 0. The highest BCUT2D eigenvalue weighted by Gasteiger charge is 2.29. The summed E-state index contributed by atoms with van der Waals surface area (Å²) in [5.41, 5.74) is 0. The van der Waals surface area contributed by atoms with Crippen LogP contribution in [0.25, 0.3) is 0 Å². The van der Waals surface area contributed by atoms with Crippen molar-refractivity contribution < 1.29 is 4.39 Å². The second-order valence-corrected chi connectivity index (χ2v) is 7.56. The molecule has 1 aliphatic heterocycles. The molecule has 0 spiro atoms. The minimum Gasteiger partial charge on any atom is -0.217 e. The summed E-state index contributed by atoms with van der Waals surface area (Å²) in [7, 11) is 0. The van der Waals surface area contributed by atoms with Crippen molar-refractivity contribution in [1.82, 2.24) is 9.97 Å². The normalized spacial score (nSPS) is 29.4. The molecule has 2 heterocycles. The molecule has 3 unspecified atom stereocenters. The Bertz CT molecular complexity index is 410. The lowest BCUT2D eigenvalue weighted by Crippen LogP contribution is -2.23. The van der Waals surface area contributed by atoms with Crippen LogP contribution in [0.4, 0.5) is 4.39 Å². The van der Waals surface area contributed by atoms with E-state index in [0.717, 1.165) is 5.75 Å². The molecule has 0 saturated carbocycles. The molecule has 2 rings (SSSR count). The zero-order valence-corrected chi connectivity index (χ0v) is 12.4. The van der Waals surface area contributed by atoms with Crippen LogP contribution >= 0.6 is 46.7 Å². The summed E-state index contributed by atoms with van der Waals surface area (Å²) in [5, 5.41) is 0.836. The third kappa shape index (κ3) is 3.00. The van der Waals surface area contributed by atoms with Gasteiger partial charge in [0.2, 0.25) is 0 Å². The molecule has 0 amide bonds. The molecule has 94 valence electrons. The first-order valence-corrected chi connectivity index (χ1v) is 7.89. The smallest absolute Gasteiger partial charge is 0.197 e. The average Bonchev–Trinajstić information content (AvgIpc) is 2.29. The van der Waals surface area contributed by atoms with E-state index in [1.165, 1.54) is 0 Å². The Balaban J connectivity index is 2.23. The minimum absolute atomic E-state index is 0.127. The van der Waals surface area contributed by atoms with E-state index < -0.39 is 5.82 Å². The van der Waals surface area contributed by atoms with Crippen LogP contribution in [-0.2, 0) is 0 Å². The van der Waals surface area contributed by atoms with Crippen LogP contribution in [0.15, 0.2) is 0 Å². The number of hydrogen-bond acceptors (Lipinski definition) is 4. The van der Waals surface area contributed by atoms with Gasteiger partial charge in [0, 0.05) is 16.3 Å². The summed E-state index contributed by atoms with van der Waals surface area (Å²) in [5.74, 6) is 0.679. The van der Waals surface area contributed by atoms with Crippen molar-refractivity contribution in [1.29, 1.82) is 0 Å². The van der Waals surface area contributed by atoms with Crippen LogP contribution < -0.4 is 0 Å². The van der Waals surface area contributed by atoms with E-state index in [0.29, 0.717) is 16.3 Å². The van der Waals surface area contributed by atoms with Gasteiger partial charge in [0.15, 0.2) is 16.1 Å². The van der Waals surface area contributed by atoms with Crippen LogP contribution in [-0.4, -0.2) is 26.2 Å². The molecular formula is C10H11Cl2FN2S2. The summed E-state index contributed by atoms with van der Waals surface area (Å²) in [4.78, 5) is 7.95. The van der Waals surface area contributed by atoms with Crippen LogP contribution in [0.1, 0.15) is 24.9 Å². The van der Waals surface area contributed by atoms with Crippen LogP contribution in [0.3, 0.4) is 0 Å². The molecule has 0 radical (unpaired) electrons. The van der Waals surface area contributed by atoms with Crippen molar-refractivity contribution in [2.24, 2.45) is 0 Å². The van der Waals surface area contributed by atoms with Gasteiger partial charge in [0.05, 0.1) is 5.25 Å². The van der Waals surface area contributed by atoms with Gasteiger partial charge in [-0.25, -0.2) is 14.4 Å². The van der Waals surface area contributed by atoms with Gasteiger partial charge in [-0.3, -0.25) is 0 Å². The second kappa shape index (κ2) is 5.51. The number of rotatable bonds is 1. The predicted molar refractivity (Wildman–Crippen MR) is 73.7 cm³/mol. The monoisotopic (exact) mass is 312 g/mol. The Kier molecular flexibility index (Phi) is 4.45. The van der Waals surface area contributed by atoms with Crippen LogP contribution in [0.2, 0.25) is 10.3 Å². The third-order valence-electron chi connectivity index (χ3n) is 2.63. The highest BCUT2D eigenvalue weighted by molar-refractivity contribution is 8.07. The van der Waals surface area contributed by atoms with Gasteiger partial charge in [0.1, 0.15) is 5.82 Å². The molecule has 1 aliphatic rings. The van der Waals surface area contributed by atoms with Crippen molar-refractivity contribution in [3.8, 4) is 0 Å². The van der Waals surface area contributed by atoms with Gasteiger partial charge in [0.25, 0.3) is 0 Å². The molecule has 0 aromatic carbocycles. The first-order valence-electron chi connectivity index (χ1n) is 5.14. The van der Waals surface area contributed by atoms with Crippen LogP contribution in [0.5, 0.6) is 0 Å². The fourth-order valence-corrected chi connectivity index (χ4v) is 4.72. The zero-order valence-electron chi connectivity index (χ0n) is 9.28. The summed E-state index contributed by atoms with van der Waals surface area (Å²) in [6.45, 7) is 4.37. The van der Waals surface area contributed by atoms with Crippen molar-refractivity contribution in [2.75, 3.05) is 5.75 Å². The Labute approximate surface area is 118 Å². The van der Waals surface area contributed by atoms with E-state index in [4.69, 9.17) is 23.2 Å². The maximum absolute atomic E-state index is 13.2. The van der Waals surface area contributed by atoms with E-state index in [1.54, 1.807) is 11.8 Å². The molecule has 7 heteroatoms. The largest absolute Gasteiger partial charge is 0.217 e. The van der Waals surface area contributed by atoms with Gasteiger partial charge in [-0.05, 0) is 0 Å². The molecular weight excluding hydrogens is 302 g/mol. The Hall–Kier alpha value is 0.290. The first-order chi connectivity index (χ1) is 7.99. The standard InChI is InChI=1S/C10H11Cl2FN2S2/c1-4-5(2)17-6(3-16-4)10-14-8(11)7(13)9(12)15-10/h4-6H,3H2,1-2H3. The van der Waals surface area contributed by atoms with Gasteiger partial charge in [-0.2, -0.15) is 11.8 Å². The lowest BCUT2D eigenvalue weighted by Gasteiger charge is -2.30. The van der Waals surface area contributed by atoms with Gasteiger partial charge in [-0.1, -0.05) is 37.0 Å².